The summed E-state index contributed by atoms with van der Waals surface area (Å²) >= 11 is 0. The van der Waals surface area contributed by atoms with Crippen LogP contribution in [0.25, 0.3) is 22.2 Å². The summed E-state index contributed by atoms with van der Waals surface area (Å²) in [6.07, 6.45) is -0.568. The van der Waals surface area contributed by atoms with Crippen LogP contribution in [-0.2, 0) is 0 Å². The molecule has 0 saturated carbocycles. The Kier molecular flexibility index (Phi) is 6.24. The van der Waals surface area contributed by atoms with E-state index in [1.807, 2.05) is 30.3 Å². The fourth-order valence-electron chi connectivity index (χ4n) is 4.20. The number of aliphatic hydroxyl groups excluding tert-OH is 1. The number of para-hydroxylation sites is 1. The summed E-state index contributed by atoms with van der Waals surface area (Å²) in [4.78, 5) is 4.64. The number of nitrogens with zero attached hydrogens (tertiary/aromatic N) is 3. The van der Waals surface area contributed by atoms with Gasteiger partial charge in [0.15, 0.2) is 5.76 Å². The van der Waals surface area contributed by atoms with Gasteiger partial charge in [-0.15, -0.1) is 0 Å². The molecule has 170 valence electrons. The molecule has 1 atom stereocenters. The van der Waals surface area contributed by atoms with Crippen LogP contribution in [0.2, 0.25) is 0 Å². The number of rotatable bonds is 7. The molecule has 2 heterocycles. The fraction of sp³-hybridized carbons (Fsp3) is 0.269. The van der Waals surface area contributed by atoms with Gasteiger partial charge in [0, 0.05) is 55.4 Å². The van der Waals surface area contributed by atoms with Gasteiger partial charge in [0.25, 0.3) is 0 Å². The Hall–Kier alpha value is -3.42. The van der Waals surface area contributed by atoms with E-state index < -0.39 is 6.10 Å². The third-order valence-electron chi connectivity index (χ3n) is 5.96. The average Bonchev–Trinajstić information content (AvgIpc) is 3.27. The second-order valence-electron chi connectivity index (χ2n) is 8.29. The van der Waals surface area contributed by atoms with Crippen molar-refractivity contribution in [2.75, 3.05) is 44.2 Å². The molecule has 0 bridgehead atoms. The maximum atomic E-state index is 13.4. The van der Waals surface area contributed by atoms with Gasteiger partial charge in [-0.25, -0.2) is 4.39 Å². The van der Waals surface area contributed by atoms with Gasteiger partial charge < -0.3 is 19.3 Å². The Bertz CT molecular complexity index is 1190. The minimum atomic E-state index is -0.568. The largest absolute Gasteiger partial charge is 0.491 e. The van der Waals surface area contributed by atoms with Gasteiger partial charge in [-0.3, -0.25) is 4.90 Å². The highest BCUT2D eigenvalue weighted by molar-refractivity contribution is 5.91. The predicted octanol–water partition coefficient (Wildman–Crippen LogP) is 4.20. The zero-order chi connectivity index (χ0) is 22.6. The summed E-state index contributed by atoms with van der Waals surface area (Å²) in [5, 5.41) is 15.1. The number of piperazine rings is 1. The number of ether oxygens (including phenoxy) is 1. The van der Waals surface area contributed by atoms with Crippen LogP contribution < -0.4 is 9.64 Å². The monoisotopic (exact) mass is 447 g/mol. The standard InChI is InChI=1S/C26H26FN3O3/c27-20-8-11-24-25(16-20)28-33-26(24)19-6-9-23(10-7-19)32-18-22(31)17-29-12-14-30(15-13-29)21-4-2-1-3-5-21/h1-11,16,22,31H,12-15,17-18H2. The molecule has 7 heteroatoms. The van der Waals surface area contributed by atoms with Crippen molar-refractivity contribution in [1.82, 2.24) is 10.1 Å². The summed E-state index contributed by atoms with van der Waals surface area (Å²) in [6, 6.07) is 22.2. The number of benzene rings is 3. The van der Waals surface area contributed by atoms with Gasteiger partial charge in [-0.1, -0.05) is 23.4 Å². The Balaban J connectivity index is 1.11. The third kappa shape index (κ3) is 4.99. The van der Waals surface area contributed by atoms with E-state index in [-0.39, 0.29) is 12.4 Å². The van der Waals surface area contributed by atoms with Gasteiger partial charge in [0.1, 0.15) is 29.8 Å². The fourth-order valence-corrected chi connectivity index (χ4v) is 4.20. The SMILES string of the molecule is OC(COc1ccc(-c2onc3cc(F)ccc23)cc1)CN1CCN(c2ccccc2)CC1. The molecule has 0 amide bonds. The van der Waals surface area contributed by atoms with Gasteiger partial charge in [-0.05, 0) is 48.5 Å². The minimum Gasteiger partial charge on any atom is -0.491 e. The lowest BCUT2D eigenvalue weighted by Gasteiger charge is -2.36. The predicted molar refractivity (Wildman–Crippen MR) is 126 cm³/mol. The number of β-amino-alcohol motifs (C(OH)–C–C–N with tert-alkyl or cyclic N) is 1. The molecule has 0 aliphatic carbocycles. The van der Waals surface area contributed by atoms with Crippen LogP contribution in [0.4, 0.5) is 10.1 Å². The number of anilines is 1. The molecule has 0 spiro atoms. The highest BCUT2D eigenvalue weighted by Crippen LogP contribution is 2.30. The molecule has 6 nitrogen and oxygen atoms in total. The van der Waals surface area contributed by atoms with Crippen molar-refractivity contribution in [2.45, 2.75) is 6.10 Å². The van der Waals surface area contributed by atoms with E-state index in [4.69, 9.17) is 9.26 Å². The average molecular weight is 448 g/mol. The number of hydrogen-bond donors (Lipinski definition) is 1. The van der Waals surface area contributed by atoms with Crippen LogP contribution in [-0.4, -0.2) is 60.6 Å². The van der Waals surface area contributed by atoms with Gasteiger partial charge in [0.05, 0.1) is 0 Å². The molecule has 1 unspecified atom stereocenters. The van der Waals surface area contributed by atoms with E-state index in [2.05, 4.69) is 39.2 Å². The first kappa shape index (κ1) is 21.4. The van der Waals surface area contributed by atoms with Crippen molar-refractivity contribution < 1.29 is 18.8 Å². The number of aliphatic hydroxyl groups is 1. The van der Waals surface area contributed by atoms with E-state index in [1.54, 1.807) is 6.07 Å². The van der Waals surface area contributed by atoms with E-state index in [0.29, 0.717) is 23.6 Å². The molecule has 1 aliphatic rings. The van der Waals surface area contributed by atoms with Crippen LogP contribution >= 0.6 is 0 Å². The maximum Gasteiger partial charge on any atom is 0.174 e. The lowest BCUT2D eigenvalue weighted by molar-refractivity contribution is 0.0663. The van der Waals surface area contributed by atoms with E-state index in [0.717, 1.165) is 37.1 Å². The lowest BCUT2D eigenvalue weighted by atomic mass is 10.1. The van der Waals surface area contributed by atoms with Crippen molar-refractivity contribution in [3.63, 3.8) is 0 Å². The van der Waals surface area contributed by atoms with Crippen LogP contribution in [0.1, 0.15) is 0 Å². The smallest absolute Gasteiger partial charge is 0.174 e. The summed E-state index contributed by atoms with van der Waals surface area (Å²) in [5.74, 6) is 0.913. The van der Waals surface area contributed by atoms with E-state index in [1.165, 1.54) is 17.8 Å². The van der Waals surface area contributed by atoms with Crippen molar-refractivity contribution in [3.05, 3.63) is 78.6 Å². The second kappa shape index (κ2) is 9.60. The summed E-state index contributed by atoms with van der Waals surface area (Å²) in [7, 11) is 0. The maximum absolute atomic E-state index is 13.4. The summed E-state index contributed by atoms with van der Waals surface area (Å²) in [5.41, 5.74) is 2.56. The van der Waals surface area contributed by atoms with Crippen LogP contribution in [0, 0.1) is 5.82 Å². The lowest BCUT2D eigenvalue weighted by Crippen LogP contribution is -2.49. The molecule has 1 aromatic heterocycles. The zero-order valence-corrected chi connectivity index (χ0v) is 18.2. The third-order valence-corrected chi connectivity index (χ3v) is 5.96. The van der Waals surface area contributed by atoms with Gasteiger partial charge >= 0.3 is 0 Å². The molecule has 0 radical (unpaired) electrons. The number of fused-ring (bicyclic) bond motifs is 1. The Morgan fingerprint density at radius 3 is 2.48 bits per heavy atom. The highest BCUT2D eigenvalue weighted by atomic mass is 19.1. The topological polar surface area (TPSA) is 62.0 Å². The molecular formula is C26H26FN3O3. The molecule has 1 aliphatic heterocycles. The quantitative estimate of drug-likeness (QED) is 0.458. The van der Waals surface area contributed by atoms with Gasteiger partial charge in [-0.2, -0.15) is 0 Å². The molecule has 1 N–H and O–H groups in total. The first-order chi connectivity index (χ1) is 16.2. The van der Waals surface area contributed by atoms with Crippen LogP contribution in [0.5, 0.6) is 5.75 Å². The minimum absolute atomic E-state index is 0.225. The Labute approximate surface area is 191 Å². The molecule has 33 heavy (non-hydrogen) atoms. The molecule has 1 saturated heterocycles. The first-order valence-corrected chi connectivity index (χ1v) is 11.1. The normalized spacial score (nSPS) is 15.6. The number of hydrogen-bond acceptors (Lipinski definition) is 6. The Morgan fingerprint density at radius 2 is 1.73 bits per heavy atom. The van der Waals surface area contributed by atoms with Gasteiger partial charge in [0.2, 0.25) is 0 Å². The van der Waals surface area contributed by atoms with Crippen LogP contribution in [0.3, 0.4) is 0 Å². The zero-order valence-electron chi connectivity index (χ0n) is 18.2. The summed E-state index contributed by atoms with van der Waals surface area (Å²) < 4.78 is 24.6. The molecule has 3 aromatic carbocycles. The number of aromatic nitrogens is 1. The highest BCUT2D eigenvalue weighted by Gasteiger charge is 2.20. The Morgan fingerprint density at radius 1 is 0.970 bits per heavy atom. The molecular weight excluding hydrogens is 421 g/mol. The van der Waals surface area contributed by atoms with E-state index in [9.17, 15) is 9.50 Å². The van der Waals surface area contributed by atoms with Crippen molar-refractivity contribution in [1.29, 1.82) is 0 Å². The van der Waals surface area contributed by atoms with Crippen LogP contribution in [0.15, 0.2) is 77.3 Å². The molecule has 1 fully saturated rings. The van der Waals surface area contributed by atoms with Crippen molar-refractivity contribution in [2.24, 2.45) is 0 Å². The molecule has 5 rings (SSSR count). The second-order valence-corrected chi connectivity index (χ2v) is 8.29. The first-order valence-electron chi connectivity index (χ1n) is 11.1. The van der Waals surface area contributed by atoms with Crippen molar-refractivity contribution >= 4 is 16.6 Å². The molecule has 4 aromatic rings. The van der Waals surface area contributed by atoms with Crippen molar-refractivity contribution in [3.8, 4) is 17.1 Å². The van der Waals surface area contributed by atoms with E-state index >= 15 is 0 Å². The number of halogens is 1. The summed E-state index contributed by atoms with van der Waals surface area (Å²) in [6.45, 7) is 4.53.